The van der Waals surface area contributed by atoms with E-state index >= 15 is 0 Å². The number of hydrogen-bond acceptors (Lipinski definition) is 3. The van der Waals surface area contributed by atoms with Crippen LogP contribution in [0.25, 0.3) is 16.6 Å². The zero-order valence-electron chi connectivity index (χ0n) is 14.1. The van der Waals surface area contributed by atoms with Crippen molar-refractivity contribution in [2.75, 3.05) is 0 Å². The van der Waals surface area contributed by atoms with Crippen LogP contribution in [-0.2, 0) is 6.42 Å². The van der Waals surface area contributed by atoms with E-state index < -0.39 is 0 Å². The van der Waals surface area contributed by atoms with Crippen LogP contribution in [0, 0.1) is 6.92 Å². The summed E-state index contributed by atoms with van der Waals surface area (Å²) >= 11 is 0. The molecule has 124 valence electrons. The molecule has 4 heteroatoms. The molecule has 2 heterocycles. The fourth-order valence-corrected chi connectivity index (χ4v) is 3.06. The van der Waals surface area contributed by atoms with Crippen molar-refractivity contribution in [3.63, 3.8) is 0 Å². The van der Waals surface area contributed by atoms with Gasteiger partial charge in [-0.3, -0.25) is 9.79 Å². The molecule has 1 aliphatic heterocycles. The number of benzene rings is 2. The van der Waals surface area contributed by atoms with Crippen molar-refractivity contribution >= 4 is 22.3 Å². The molecular weight excluding hydrogens is 310 g/mol. The van der Waals surface area contributed by atoms with Crippen molar-refractivity contribution in [2.24, 2.45) is 4.99 Å². The highest BCUT2D eigenvalue weighted by atomic mass is 16.1. The lowest BCUT2D eigenvalue weighted by Crippen LogP contribution is -2.12. The second-order valence-corrected chi connectivity index (χ2v) is 6.37. The van der Waals surface area contributed by atoms with Gasteiger partial charge in [0.15, 0.2) is 0 Å². The maximum atomic E-state index is 12.1. The Morgan fingerprint density at radius 3 is 2.68 bits per heavy atom. The number of hydrogen-bond donors (Lipinski definition) is 1. The summed E-state index contributed by atoms with van der Waals surface area (Å²) in [6, 6.07) is 15.8. The Morgan fingerprint density at radius 1 is 1.04 bits per heavy atom. The molecule has 1 N–H and O–H groups in total. The predicted molar refractivity (Wildman–Crippen MR) is 102 cm³/mol. The molecular formula is C21H19N3O. The third-order valence-corrected chi connectivity index (χ3v) is 4.47. The number of aromatic amines is 1. The van der Waals surface area contributed by atoms with E-state index in [2.05, 4.69) is 47.2 Å². The van der Waals surface area contributed by atoms with Gasteiger partial charge in [0.05, 0.1) is 16.6 Å². The summed E-state index contributed by atoms with van der Waals surface area (Å²) in [6.45, 7) is 2.08. The van der Waals surface area contributed by atoms with Crippen LogP contribution in [0.1, 0.15) is 29.8 Å². The van der Waals surface area contributed by atoms with Gasteiger partial charge in [0, 0.05) is 18.6 Å². The SMILES string of the molecule is Cc1ccc(C2=CCC(CCc3nc4ccccc4c(=O)[nH]3)=N2)cc1. The van der Waals surface area contributed by atoms with Crippen molar-refractivity contribution < 1.29 is 0 Å². The first kappa shape index (κ1) is 15.5. The summed E-state index contributed by atoms with van der Waals surface area (Å²) in [5.41, 5.74) is 5.23. The van der Waals surface area contributed by atoms with E-state index in [1.54, 1.807) is 6.07 Å². The molecule has 0 saturated heterocycles. The van der Waals surface area contributed by atoms with E-state index in [1.807, 2.05) is 18.2 Å². The minimum Gasteiger partial charge on any atom is -0.310 e. The summed E-state index contributed by atoms with van der Waals surface area (Å²) in [5, 5.41) is 0.632. The predicted octanol–water partition coefficient (Wildman–Crippen LogP) is 4.05. The zero-order chi connectivity index (χ0) is 17.2. The van der Waals surface area contributed by atoms with Gasteiger partial charge in [0.1, 0.15) is 5.82 Å². The monoisotopic (exact) mass is 329 g/mol. The summed E-state index contributed by atoms with van der Waals surface area (Å²) in [6.07, 6.45) is 4.51. The van der Waals surface area contributed by atoms with E-state index in [-0.39, 0.29) is 5.56 Å². The lowest BCUT2D eigenvalue weighted by Gasteiger charge is -2.03. The average Bonchev–Trinajstić information content (AvgIpc) is 3.10. The van der Waals surface area contributed by atoms with Crippen LogP contribution in [0.4, 0.5) is 0 Å². The highest BCUT2D eigenvalue weighted by Crippen LogP contribution is 2.24. The number of aromatic nitrogens is 2. The van der Waals surface area contributed by atoms with Gasteiger partial charge < -0.3 is 4.98 Å². The molecule has 0 atom stereocenters. The summed E-state index contributed by atoms with van der Waals surface area (Å²) in [5.74, 6) is 0.718. The lowest BCUT2D eigenvalue weighted by molar-refractivity contribution is 0.896. The number of rotatable bonds is 4. The van der Waals surface area contributed by atoms with E-state index in [9.17, 15) is 4.79 Å². The van der Waals surface area contributed by atoms with Crippen molar-refractivity contribution in [3.05, 3.63) is 81.9 Å². The maximum absolute atomic E-state index is 12.1. The van der Waals surface area contributed by atoms with Crippen LogP contribution in [-0.4, -0.2) is 15.7 Å². The number of fused-ring (bicyclic) bond motifs is 1. The molecule has 0 spiro atoms. The van der Waals surface area contributed by atoms with E-state index in [4.69, 9.17) is 4.99 Å². The third kappa shape index (κ3) is 3.29. The van der Waals surface area contributed by atoms with Crippen LogP contribution in [0.2, 0.25) is 0 Å². The number of para-hydroxylation sites is 1. The molecule has 25 heavy (non-hydrogen) atoms. The molecule has 2 aromatic carbocycles. The first-order valence-corrected chi connectivity index (χ1v) is 8.50. The number of H-pyrrole nitrogens is 1. The normalized spacial score (nSPS) is 13.8. The first-order valence-electron chi connectivity index (χ1n) is 8.50. The van der Waals surface area contributed by atoms with E-state index in [0.717, 1.165) is 41.2 Å². The molecule has 0 bridgehead atoms. The number of aliphatic imine (C=N–C) groups is 1. The molecule has 0 amide bonds. The van der Waals surface area contributed by atoms with Gasteiger partial charge in [-0.05, 0) is 31.0 Å². The number of aryl methyl sites for hydroxylation is 2. The summed E-state index contributed by atoms with van der Waals surface area (Å²) < 4.78 is 0. The molecule has 4 nitrogen and oxygen atoms in total. The van der Waals surface area contributed by atoms with Gasteiger partial charge >= 0.3 is 0 Å². The molecule has 0 radical (unpaired) electrons. The first-order chi connectivity index (χ1) is 12.2. The minimum absolute atomic E-state index is 0.0765. The van der Waals surface area contributed by atoms with Gasteiger partial charge in [-0.15, -0.1) is 0 Å². The van der Waals surface area contributed by atoms with Gasteiger partial charge in [0.25, 0.3) is 5.56 Å². The van der Waals surface area contributed by atoms with Gasteiger partial charge in [0.2, 0.25) is 0 Å². The second-order valence-electron chi connectivity index (χ2n) is 6.37. The summed E-state index contributed by atoms with van der Waals surface area (Å²) in [4.78, 5) is 24.3. The Hall–Kier alpha value is -3.01. The summed E-state index contributed by atoms with van der Waals surface area (Å²) in [7, 11) is 0. The Morgan fingerprint density at radius 2 is 1.84 bits per heavy atom. The highest BCUT2D eigenvalue weighted by Gasteiger charge is 2.11. The molecule has 3 aromatic rings. The second kappa shape index (κ2) is 6.48. The highest BCUT2D eigenvalue weighted by molar-refractivity contribution is 5.95. The fraction of sp³-hybridized carbons (Fsp3) is 0.190. The number of allylic oxidation sites excluding steroid dienone is 1. The van der Waals surface area contributed by atoms with Crippen LogP contribution < -0.4 is 5.56 Å². The fourth-order valence-electron chi connectivity index (χ4n) is 3.06. The topological polar surface area (TPSA) is 58.1 Å². The van der Waals surface area contributed by atoms with Crippen LogP contribution in [0.15, 0.2) is 64.4 Å². The molecule has 1 aromatic heterocycles. The smallest absolute Gasteiger partial charge is 0.258 e. The minimum atomic E-state index is -0.0765. The van der Waals surface area contributed by atoms with Gasteiger partial charge in [-0.25, -0.2) is 4.98 Å². The molecule has 4 rings (SSSR count). The Kier molecular flexibility index (Phi) is 4.02. The zero-order valence-corrected chi connectivity index (χ0v) is 14.1. The van der Waals surface area contributed by atoms with E-state index in [1.165, 1.54) is 5.56 Å². The van der Waals surface area contributed by atoms with Crippen molar-refractivity contribution in [2.45, 2.75) is 26.2 Å². The van der Waals surface area contributed by atoms with Crippen molar-refractivity contribution in [3.8, 4) is 0 Å². The lowest BCUT2D eigenvalue weighted by atomic mass is 10.1. The molecule has 0 fully saturated rings. The number of nitrogens with one attached hydrogen (secondary N) is 1. The standard InChI is InChI=1S/C21H19N3O/c1-14-6-8-15(9-7-14)18-12-10-16(22-18)11-13-20-23-19-5-3-2-4-17(19)21(25)24-20/h2-9,12H,10-11,13H2,1H3,(H,23,24,25). The molecule has 1 aliphatic rings. The van der Waals surface area contributed by atoms with Crippen LogP contribution >= 0.6 is 0 Å². The van der Waals surface area contributed by atoms with Gasteiger partial charge in [-0.1, -0.05) is 48.0 Å². The molecule has 0 saturated carbocycles. The van der Waals surface area contributed by atoms with Crippen LogP contribution in [0.5, 0.6) is 0 Å². The average molecular weight is 329 g/mol. The Labute approximate surface area is 146 Å². The Bertz CT molecular complexity index is 1040. The Balaban J connectivity index is 1.48. The maximum Gasteiger partial charge on any atom is 0.258 e. The number of nitrogens with zero attached hydrogens (tertiary/aromatic N) is 2. The quantitative estimate of drug-likeness (QED) is 0.785. The van der Waals surface area contributed by atoms with Crippen molar-refractivity contribution in [1.29, 1.82) is 0 Å². The molecule has 0 unspecified atom stereocenters. The molecule has 0 aliphatic carbocycles. The van der Waals surface area contributed by atoms with E-state index in [0.29, 0.717) is 11.8 Å². The third-order valence-electron chi connectivity index (χ3n) is 4.47. The van der Waals surface area contributed by atoms with Gasteiger partial charge in [-0.2, -0.15) is 0 Å². The van der Waals surface area contributed by atoms with Crippen molar-refractivity contribution in [1.82, 2.24) is 9.97 Å². The largest absolute Gasteiger partial charge is 0.310 e. The van der Waals surface area contributed by atoms with Crippen LogP contribution in [0.3, 0.4) is 0 Å².